The van der Waals surface area contributed by atoms with Crippen LogP contribution in [0.15, 0.2) is 27.2 Å². The molecule has 2 N–H and O–H groups in total. The Morgan fingerprint density at radius 1 is 1.50 bits per heavy atom. The van der Waals surface area contributed by atoms with Crippen molar-refractivity contribution in [2.75, 3.05) is 19.1 Å². The second-order valence-electron chi connectivity index (χ2n) is 4.19. The quantitative estimate of drug-likeness (QED) is 0.854. The van der Waals surface area contributed by atoms with Crippen LogP contribution in [0.3, 0.4) is 0 Å². The lowest BCUT2D eigenvalue weighted by atomic mass is 10.2. The summed E-state index contributed by atoms with van der Waals surface area (Å²) in [5.41, 5.74) is 6.86. The molecule has 1 heterocycles. The van der Waals surface area contributed by atoms with Crippen LogP contribution in [0.2, 0.25) is 0 Å². The van der Waals surface area contributed by atoms with E-state index >= 15 is 0 Å². The minimum absolute atomic E-state index is 0.217. The molecule has 0 aliphatic heterocycles. The second kappa shape index (κ2) is 7.10. The van der Waals surface area contributed by atoms with Gasteiger partial charge in [-0.05, 0) is 52.6 Å². The van der Waals surface area contributed by atoms with Crippen LogP contribution in [-0.2, 0) is 0 Å². The second-order valence-corrected chi connectivity index (χ2v) is 6.03. The monoisotopic (exact) mass is 357 g/mol. The summed E-state index contributed by atoms with van der Waals surface area (Å²) in [5, 5.41) is 3.98. The Morgan fingerprint density at radius 3 is 2.95 bits per heavy atom. The first-order valence-electron chi connectivity index (χ1n) is 6.07. The molecule has 2 aromatic rings. The molecule has 0 aliphatic carbocycles. The number of hydrogen-bond acceptors (Lipinski definition) is 6. The lowest BCUT2D eigenvalue weighted by Gasteiger charge is -2.04. The van der Waals surface area contributed by atoms with Crippen LogP contribution in [0, 0.1) is 0 Å². The van der Waals surface area contributed by atoms with Crippen molar-refractivity contribution in [3.05, 3.63) is 28.6 Å². The summed E-state index contributed by atoms with van der Waals surface area (Å²) in [6.07, 6.45) is 2.86. The Labute approximate surface area is 130 Å². The first-order valence-corrected chi connectivity index (χ1v) is 8.26. The number of aromatic nitrogens is 2. The Bertz CT molecular complexity index is 576. The number of methoxy groups -OCH3 is 1. The molecule has 0 unspecified atom stereocenters. The maximum atomic E-state index is 6.01. The summed E-state index contributed by atoms with van der Waals surface area (Å²) in [4.78, 5) is 4.36. The molecule has 1 aromatic heterocycles. The summed E-state index contributed by atoms with van der Waals surface area (Å²) in [6.45, 7) is 0. The van der Waals surface area contributed by atoms with E-state index in [-0.39, 0.29) is 6.04 Å². The van der Waals surface area contributed by atoms with Crippen LogP contribution in [-0.4, -0.2) is 29.3 Å². The van der Waals surface area contributed by atoms with Crippen molar-refractivity contribution < 1.29 is 9.26 Å². The molecule has 20 heavy (non-hydrogen) atoms. The van der Waals surface area contributed by atoms with Gasteiger partial charge >= 0.3 is 0 Å². The number of benzene rings is 1. The smallest absolute Gasteiger partial charge is 0.243 e. The fraction of sp³-hybridized carbons (Fsp3) is 0.385. The van der Waals surface area contributed by atoms with E-state index in [1.807, 2.05) is 24.5 Å². The maximum Gasteiger partial charge on any atom is 0.243 e. The highest BCUT2D eigenvalue weighted by atomic mass is 79.9. The SMILES string of the molecule is COc1ccc(-c2noc([C@@H](N)CCSC)n2)cc1Br. The highest BCUT2D eigenvalue weighted by molar-refractivity contribution is 9.10. The van der Waals surface area contributed by atoms with Gasteiger partial charge in [-0.15, -0.1) is 0 Å². The van der Waals surface area contributed by atoms with Crippen LogP contribution < -0.4 is 10.5 Å². The Kier molecular flexibility index (Phi) is 5.45. The molecule has 0 fully saturated rings. The van der Waals surface area contributed by atoms with Crippen molar-refractivity contribution in [2.24, 2.45) is 5.73 Å². The molecule has 0 radical (unpaired) electrons. The number of hydrogen-bond donors (Lipinski definition) is 1. The van der Waals surface area contributed by atoms with Gasteiger partial charge in [0.25, 0.3) is 0 Å². The minimum Gasteiger partial charge on any atom is -0.496 e. The van der Waals surface area contributed by atoms with Crippen molar-refractivity contribution in [1.29, 1.82) is 0 Å². The van der Waals surface area contributed by atoms with Gasteiger partial charge in [0.1, 0.15) is 5.75 Å². The van der Waals surface area contributed by atoms with Gasteiger partial charge < -0.3 is 15.0 Å². The Balaban J connectivity index is 2.18. The zero-order chi connectivity index (χ0) is 14.5. The molecule has 0 aliphatic rings. The predicted octanol–water partition coefficient (Wildman–Crippen LogP) is 3.26. The minimum atomic E-state index is -0.217. The third kappa shape index (κ3) is 3.53. The molecule has 0 spiro atoms. The number of nitrogens with two attached hydrogens (primary N) is 1. The molecular weight excluding hydrogens is 342 g/mol. The van der Waals surface area contributed by atoms with E-state index in [9.17, 15) is 0 Å². The zero-order valence-electron chi connectivity index (χ0n) is 11.3. The van der Waals surface area contributed by atoms with E-state index in [1.54, 1.807) is 18.9 Å². The van der Waals surface area contributed by atoms with Crippen LogP contribution in [0.5, 0.6) is 5.75 Å². The first kappa shape index (κ1) is 15.3. The van der Waals surface area contributed by atoms with Gasteiger partial charge in [-0.3, -0.25) is 0 Å². The highest BCUT2D eigenvalue weighted by Gasteiger charge is 2.16. The van der Waals surface area contributed by atoms with Gasteiger partial charge in [-0.1, -0.05) is 5.16 Å². The van der Waals surface area contributed by atoms with Crippen LogP contribution in [0.25, 0.3) is 11.4 Å². The van der Waals surface area contributed by atoms with E-state index < -0.39 is 0 Å². The fourth-order valence-electron chi connectivity index (χ4n) is 1.68. The largest absolute Gasteiger partial charge is 0.496 e. The van der Waals surface area contributed by atoms with Crippen LogP contribution in [0.1, 0.15) is 18.4 Å². The lowest BCUT2D eigenvalue weighted by molar-refractivity contribution is 0.353. The van der Waals surface area contributed by atoms with E-state index in [4.69, 9.17) is 15.0 Å². The van der Waals surface area contributed by atoms with E-state index in [1.165, 1.54) is 0 Å². The molecule has 7 heteroatoms. The van der Waals surface area contributed by atoms with Crippen LogP contribution >= 0.6 is 27.7 Å². The number of rotatable bonds is 6. The highest BCUT2D eigenvalue weighted by Crippen LogP contribution is 2.29. The molecular formula is C13H16BrN3O2S. The summed E-state index contributed by atoms with van der Waals surface area (Å²) in [5.74, 6) is 2.73. The number of thioether (sulfide) groups is 1. The molecule has 1 aromatic carbocycles. The maximum absolute atomic E-state index is 6.01. The summed E-state index contributed by atoms with van der Waals surface area (Å²) in [6, 6.07) is 5.40. The van der Waals surface area contributed by atoms with Gasteiger partial charge in [0.2, 0.25) is 11.7 Å². The van der Waals surface area contributed by atoms with Gasteiger partial charge in [0.05, 0.1) is 17.6 Å². The van der Waals surface area contributed by atoms with Crippen molar-refractivity contribution in [3.8, 4) is 17.1 Å². The molecule has 108 valence electrons. The molecule has 0 bridgehead atoms. The van der Waals surface area contributed by atoms with Crippen molar-refractivity contribution in [2.45, 2.75) is 12.5 Å². The number of ether oxygens (including phenoxy) is 1. The fourth-order valence-corrected chi connectivity index (χ4v) is 2.71. The van der Waals surface area contributed by atoms with Gasteiger partial charge in [0, 0.05) is 5.56 Å². The van der Waals surface area contributed by atoms with E-state index in [0.717, 1.165) is 28.0 Å². The number of halogens is 1. The lowest BCUT2D eigenvalue weighted by Crippen LogP contribution is -2.11. The standard InChI is InChI=1S/C13H16BrN3O2S/c1-18-11-4-3-8(7-9(11)14)12-16-13(19-17-12)10(15)5-6-20-2/h3-4,7,10H,5-6,15H2,1-2H3/t10-/m0/s1. The topological polar surface area (TPSA) is 74.2 Å². The van der Waals surface area contributed by atoms with Gasteiger partial charge in [-0.2, -0.15) is 16.7 Å². The third-order valence-electron chi connectivity index (χ3n) is 2.80. The predicted molar refractivity (Wildman–Crippen MR) is 83.9 cm³/mol. The van der Waals surface area contributed by atoms with E-state index in [2.05, 4.69) is 26.1 Å². The Morgan fingerprint density at radius 2 is 2.30 bits per heavy atom. The normalized spacial score (nSPS) is 12.4. The average Bonchev–Trinajstić information content (AvgIpc) is 2.94. The van der Waals surface area contributed by atoms with Crippen molar-refractivity contribution in [1.82, 2.24) is 10.1 Å². The number of nitrogens with zero attached hydrogens (tertiary/aromatic N) is 2. The Hall–Kier alpha value is -1.05. The summed E-state index contributed by atoms with van der Waals surface area (Å²) in [7, 11) is 1.62. The molecule has 0 saturated heterocycles. The molecule has 0 amide bonds. The van der Waals surface area contributed by atoms with Crippen LogP contribution in [0.4, 0.5) is 0 Å². The average molecular weight is 358 g/mol. The van der Waals surface area contributed by atoms with Gasteiger partial charge in [0.15, 0.2) is 0 Å². The molecule has 5 nitrogen and oxygen atoms in total. The first-order chi connectivity index (χ1) is 9.65. The van der Waals surface area contributed by atoms with Crippen molar-refractivity contribution >= 4 is 27.7 Å². The van der Waals surface area contributed by atoms with E-state index in [0.29, 0.717) is 11.7 Å². The summed E-state index contributed by atoms with van der Waals surface area (Å²) < 4.78 is 11.3. The summed E-state index contributed by atoms with van der Waals surface area (Å²) >= 11 is 5.18. The molecule has 0 saturated carbocycles. The van der Waals surface area contributed by atoms with Gasteiger partial charge in [-0.25, -0.2) is 0 Å². The molecule has 2 rings (SSSR count). The van der Waals surface area contributed by atoms with Crippen molar-refractivity contribution in [3.63, 3.8) is 0 Å². The zero-order valence-corrected chi connectivity index (χ0v) is 13.7. The molecule has 1 atom stereocenters. The third-order valence-corrected chi connectivity index (χ3v) is 4.07.